The van der Waals surface area contributed by atoms with Gasteiger partial charge in [-0.15, -0.1) is 0 Å². The molecule has 1 unspecified atom stereocenters. The molecule has 0 saturated heterocycles. The number of hydrogen-bond acceptors (Lipinski definition) is 5. The van der Waals surface area contributed by atoms with E-state index in [-0.39, 0.29) is 17.5 Å². The van der Waals surface area contributed by atoms with Crippen LogP contribution in [0, 0.1) is 0 Å². The van der Waals surface area contributed by atoms with E-state index >= 15 is 0 Å². The second-order valence-electron chi connectivity index (χ2n) is 4.69. The van der Waals surface area contributed by atoms with Crippen molar-refractivity contribution in [3.63, 3.8) is 0 Å². The number of nitrogens with zero attached hydrogens (tertiary/aromatic N) is 1. The van der Waals surface area contributed by atoms with Crippen LogP contribution >= 0.6 is 0 Å². The molecule has 5 nitrogen and oxygen atoms in total. The van der Waals surface area contributed by atoms with E-state index in [0.29, 0.717) is 5.76 Å². The van der Waals surface area contributed by atoms with Gasteiger partial charge in [0.05, 0.1) is 11.9 Å². The summed E-state index contributed by atoms with van der Waals surface area (Å²) < 4.78 is 28.4. The summed E-state index contributed by atoms with van der Waals surface area (Å²) >= 11 is 0. The quantitative estimate of drug-likeness (QED) is 0.886. The zero-order valence-corrected chi connectivity index (χ0v) is 12.4. The van der Waals surface area contributed by atoms with E-state index in [4.69, 9.17) is 4.42 Å². The largest absolute Gasteiger partial charge is 0.444 e. The van der Waals surface area contributed by atoms with E-state index < -0.39 is 9.84 Å². The fourth-order valence-electron chi connectivity index (χ4n) is 1.95. The number of oxazole rings is 1. The van der Waals surface area contributed by atoms with Crippen LogP contribution in [0.1, 0.15) is 13.8 Å². The molecule has 0 aliphatic heterocycles. The molecule has 1 heterocycles. The minimum atomic E-state index is -2.98. The van der Waals surface area contributed by atoms with Gasteiger partial charge in [0, 0.05) is 23.0 Å². The lowest BCUT2D eigenvalue weighted by atomic mass is 10.1. The van der Waals surface area contributed by atoms with Gasteiger partial charge in [-0.05, 0) is 19.1 Å². The van der Waals surface area contributed by atoms with Crippen LogP contribution in [-0.2, 0) is 9.84 Å². The zero-order chi connectivity index (χ0) is 14.6. The monoisotopic (exact) mass is 294 g/mol. The molecule has 0 saturated carbocycles. The highest BCUT2D eigenvalue weighted by molar-refractivity contribution is 7.91. The highest BCUT2D eigenvalue weighted by Gasteiger charge is 2.13. The summed E-state index contributed by atoms with van der Waals surface area (Å²) in [7, 11) is -2.98. The molecule has 1 aromatic carbocycles. The predicted molar refractivity (Wildman–Crippen MR) is 79.4 cm³/mol. The van der Waals surface area contributed by atoms with Crippen molar-refractivity contribution in [2.45, 2.75) is 19.9 Å². The minimum Gasteiger partial charge on any atom is -0.444 e. The standard InChI is InChI=1S/C14H18N2O3S/c1-3-20(17,18)9-11(2)16-13-6-4-5-12(7-13)14-8-15-10-19-14/h4-8,10-11,16H,3,9H2,1-2H3. The van der Waals surface area contributed by atoms with E-state index in [1.54, 1.807) is 13.1 Å². The van der Waals surface area contributed by atoms with Crippen LogP contribution in [0.4, 0.5) is 5.69 Å². The molecule has 2 rings (SSSR count). The molecule has 1 atom stereocenters. The number of aromatic nitrogens is 1. The fourth-order valence-corrected chi connectivity index (χ4v) is 3.03. The molecule has 2 aromatic rings. The fraction of sp³-hybridized carbons (Fsp3) is 0.357. The van der Waals surface area contributed by atoms with Crippen molar-refractivity contribution in [2.24, 2.45) is 0 Å². The first-order chi connectivity index (χ1) is 9.50. The van der Waals surface area contributed by atoms with Crippen LogP contribution in [-0.4, -0.2) is 30.9 Å². The molecule has 108 valence electrons. The van der Waals surface area contributed by atoms with E-state index in [0.717, 1.165) is 11.3 Å². The Bertz CT molecular complexity index is 651. The third kappa shape index (κ3) is 3.84. The Kier molecular flexibility index (Phi) is 4.44. The Morgan fingerprint density at radius 3 is 2.85 bits per heavy atom. The van der Waals surface area contributed by atoms with Crippen molar-refractivity contribution in [3.8, 4) is 11.3 Å². The molecule has 0 amide bonds. The SMILES string of the molecule is CCS(=O)(=O)CC(C)Nc1cccc(-c2cnco2)c1. The molecule has 1 N–H and O–H groups in total. The number of hydrogen-bond donors (Lipinski definition) is 1. The smallest absolute Gasteiger partial charge is 0.181 e. The van der Waals surface area contributed by atoms with Gasteiger partial charge < -0.3 is 9.73 Å². The summed E-state index contributed by atoms with van der Waals surface area (Å²) in [5.41, 5.74) is 1.76. The summed E-state index contributed by atoms with van der Waals surface area (Å²) in [5.74, 6) is 0.968. The van der Waals surface area contributed by atoms with Gasteiger partial charge in [-0.2, -0.15) is 0 Å². The molecule has 6 heteroatoms. The third-order valence-corrected chi connectivity index (χ3v) is 4.82. The topological polar surface area (TPSA) is 72.2 Å². The molecule has 0 radical (unpaired) electrons. The van der Waals surface area contributed by atoms with Crippen molar-refractivity contribution in [1.29, 1.82) is 0 Å². The number of rotatable bonds is 6. The van der Waals surface area contributed by atoms with E-state index in [1.807, 2.05) is 31.2 Å². The molecular weight excluding hydrogens is 276 g/mol. The lowest BCUT2D eigenvalue weighted by molar-refractivity contribution is 0.572. The van der Waals surface area contributed by atoms with E-state index in [2.05, 4.69) is 10.3 Å². The van der Waals surface area contributed by atoms with Gasteiger partial charge >= 0.3 is 0 Å². The van der Waals surface area contributed by atoms with Crippen molar-refractivity contribution < 1.29 is 12.8 Å². The van der Waals surface area contributed by atoms with Crippen LogP contribution in [0.5, 0.6) is 0 Å². The molecule has 1 aromatic heterocycles. The van der Waals surface area contributed by atoms with Crippen molar-refractivity contribution >= 4 is 15.5 Å². The highest BCUT2D eigenvalue weighted by atomic mass is 32.2. The van der Waals surface area contributed by atoms with Gasteiger partial charge in [0.1, 0.15) is 0 Å². The summed E-state index contributed by atoms with van der Waals surface area (Å²) in [5, 5.41) is 3.19. The average molecular weight is 294 g/mol. The molecular formula is C14H18N2O3S. The van der Waals surface area contributed by atoms with Crippen LogP contribution in [0.15, 0.2) is 41.3 Å². The molecule has 0 aliphatic carbocycles. The zero-order valence-electron chi connectivity index (χ0n) is 11.5. The maximum absolute atomic E-state index is 11.6. The molecule has 20 heavy (non-hydrogen) atoms. The highest BCUT2D eigenvalue weighted by Crippen LogP contribution is 2.22. The van der Waals surface area contributed by atoms with Crippen molar-refractivity contribution in [3.05, 3.63) is 36.9 Å². The summed E-state index contributed by atoms with van der Waals surface area (Å²) in [6, 6.07) is 7.47. The second-order valence-corrected chi connectivity index (χ2v) is 7.09. The van der Waals surface area contributed by atoms with Crippen LogP contribution in [0.25, 0.3) is 11.3 Å². The predicted octanol–water partition coefficient (Wildman–Crippen LogP) is 2.58. The number of benzene rings is 1. The molecule has 0 spiro atoms. The Morgan fingerprint density at radius 2 is 2.20 bits per heavy atom. The van der Waals surface area contributed by atoms with Gasteiger partial charge in [0.15, 0.2) is 22.0 Å². The average Bonchev–Trinajstić information content (AvgIpc) is 2.92. The van der Waals surface area contributed by atoms with Crippen molar-refractivity contribution in [1.82, 2.24) is 4.98 Å². The second kappa shape index (κ2) is 6.09. The lowest BCUT2D eigenvalue weighted by Crippen LogP contribution is -2.26. The molecule has 0 bridgehead atoms. The Labute approximate surface area is 119 Å². The van der Waals surface area contributed by atoms with Gasteiger partial charge in [0.25, 0.3) is 0 Å². The number of anilines is 1. The maximum Gasteiger partial charge on any atom is 0.181 e. The van der Waals surface area contributed by atoms with E-state index in [9.17, 15) is 8.42 Å². The summed E-state index contributed by atoms with van der Waals surface area (Å²) in [6.07, 6.45) is 3.02. The van der Waals surface area contributed by atoms with Gasteiger partial charge in [-0.25, -0.2) is 13.4 Å². The first kappa shape index (κ1) is 14.6. The Morgan fingerprint density at radius 1 is 1.40 bits per heavy atom. The van der Waals surface area contributed by atoms with Crippen LogP contribution in [0.2, 0.25) is 0 Å². The van der Waals surface area contributed by atoms with Crippen LogP contribution < -0.4 is 5.32 Å². The first-order valence-corrected chi connectivity index (χ1v) is 8.28. The van der Waals surface area contributed by atoms with Crippen molar-refractivity contribution in [2.75, 3.05) is 16.8 Å². The molecule has 0 aliphatic rings. The number of nitrogens with one attached hydrogen (secondary N) is 1. The van der Waals surface area contributed by atoms with E-state index in [1.165, 1.54) is 6.39 Å². The first-order valence-electron chi connectivity index (χ1n) is 6.46. The normalized spacial score (nSPS) is 13.1. The Balaban J connectivity index is 2.09. The maximum atomic E-state index is 11.6. The van der Waals surface area contributed by atoms with Gasteiger partial charge in [-0.3, -0.25) is 0 Å². The summed E-state index contributed by atoms with van der Waals surface area (Å²) in [4.78, 5) is 3.88. The lowest BCUT2D eigenvalue weighted by Gasteiger charge is -2.15. The van der Waals surface area contributed by atoms with Gasteiger partial charge in [-0.1, -0.05) is 19.1 Å². The van der Waals surface area contributed by atoms with Crippen LogP contribution in [0.3, 0.4) is 0 Å². The number of sulfone groups is 1. The summed E-state index contributed by atoms with van der Waals surface area (Å²) in [6.45, 7) is 3.51. The van der Waals surface area contributed by atoms with Gasteiger partial charge in [0.2, 0.25) is 0 Å². The minimum absolute atomic E-state index is 0.121. The Hall–Kier alpha value is -1.82. The molecule has 0 fully saturated rings. The third-order valence-electron chi connectivity index (χ3n) is 2.94.